The van der Waals surface area contributed by atoms with E-state index < -0.39 is 9.84 Å². The van der Waals surface area contributed by atoms with Crippen LogP contribution in [0.4, 0.5) is 0 Å². The fraction of sp³-hybridized carbons (Fsp3) is 0.391. The van der Waals surface area contributed by atoms with Crippen molar-refractivity contribution in [2.24, 2.45) is 12.0 Å². The lowest BCUT2D eigenvalue weighted by atomic mass is 10.1. The second kappa shape index (κ2) is 12.6. The number of thiazole rings is 1. The molecule has 0 unspecified atom stereocenters. The van der Waals surface area contributed by atoms with E-state index in [1.54, 1.807) is 59.7 Å². The number of rotatable bonds is 6. The second-order valence-corrected chi connectivity index (χ2v) is 11.6. The van der Waals surface area contributed by atoms with Crippen molar-refractivity contribution in [2.75, 3.05) is 39.0 Å². The highest BCUT2D eigenvalue weighted by Gasteiger charge is 2.24. The van der Waals surface area contributed by atoms with Gasteiger partial charge >= 0.3 is 0 Å². The van der Waals surface area contributed by atoms with Gasteiger partial charge in [0.1, 0.15) is 0 Å². The zero-order valence-electron chi connectivity index (χ0n) is 19.5. The first-order chi connectivity index (χ1) is 15.8. The smallest absolute Gasteiger partial charge is 0.223 e. The third kappa shape index (κ3) is 6.99. The number of fused-ring (bicyclic) bond motifs is 1. The number of halogens is 3. The Bertz CT molecular complexity index is 1350. The van der Waals surface area contributed by atoms with Crippen LogP contribution < -0.4 is 4.80 Å². The maximum Gasteiger partial charge on any atom is 0.223 e. The lowest BCUT2D eigenvalue weighted by Gasteiger charge is -2.34. The van der Waals surface area contributed by atoms with Gasteiger partial charge in [0.2, 0.25) is 5.91 Å². The molecular formula is C23H29Cl3N4O3S2. The molecule has 1 fully saturated rings. The Morgan fingerprint density at radius 1 is 1.06 bits per heavy atom. The molecule has 7 nitrogen and oxygen atoms in total. The molecule has 0 bridgehead atoms. The van der Waals surface area contributed by atoms with Crippen molar-refractivity contribution in [3.63, 3.8) is 0 Å². The second-order valence-electron chi connectivity index (χ2n) is 8.17. The highest BCUT2D eigenvalue weighted by molar-refractivity contribution is 7.91. The van der Waals surface area contributed by atoms with E-state index in [1.165, 1.54) is 5.69 Å². The lowest BCUT2D eigenvalue weighted by Crippen LogP contribution is -2.48. The molecule has 0 aliphatic carbocycles. The Balaban J connectivity index is 0.00000216. The minimum absolute atomic E-state index is 0. The van der Waals surface area contributed by atoms with Crippen molar-refractivity contribution >= 4 is 74.3 Å². The van der Waals surface area contributed by atoms with Gasteiger partial charge in [-0.2, -0.15) is 0 Å². The summed E-state index contributed by atoms with van der Waals surface area (Å²) >= 11 is 7.62. The fourth-order valence-corrected chi connectivity index (χ4v) is 6.31. The summed E-state index contributed by atoms with van der Waals surface area (Å²) in [5.41, 5.74) is 1.20. The molecule has 4 rings (SSSR count). The molecule has 0 atom stereocenters. The van der Waals surface area contributed by atoms with E-state index in [4.69, 9.17) is 11.6 Å². The molecule has 1 aromatic heterocycles. The van der Waals surface area contributed by atoms with E-state index >= 15 is 0 Å². The third-order valence-electron chi connectivity index (χ3n) is 6.04. The molecule has 2 aromatic carbocycles. The van der Waals surface area contributed by atoms with Crippen molar-refractivity contribution in [3.8, 4) is 0 Å². The predicted molar refractivity (Wildman–Crippen MR) is 147 cm³/mol. The zero-order chi connectivity index (χ0) is 23.6. The van der Waals surface area contributed by atoms with Gasteiger partial charge < -0.3 is 9.47 Å². The molecule has 0 N–H and O–H groups in total. The Morgan fingerprint density at radius 2 is 1.71 bits per heavy atom. The molecule has 0 spiro atoms. The molecule has 12 heteroatoms. The third-order valence-corrected chi connectivity index (χ3v) is 9.04. The molecule has 1 saturated heterocycles. The minimum Gasteiger partial charge on any atom is -0.340 e. The van der Waals surface area contributed by atoms with E-state index in [9.17, 15) is 13.2 Å². The molecule has 0 saturated carbocycles. The lowest BCUT2D eigenvalue weighted by molar-refractivity contribution is -0.132. The highest BCUT2D eigenvalue weighted by atomic mass is 35.5. The van der Waals surface area contributed by atoms with Gasteiger partial charge in [0.15, 0.2) is 14.6 Å². The number of benzene rings is 2. The summed E-state index contributed by atoms with van der Waals surface area (Å²) in [6.45, 7) is 3.55. The van der Waals surface area contributed by atoms with Crippen molar-refractivity contribution in [1.82, 2.24) is 14.4 Å². The van der Waals surface area contributed by atoms with Crippen LogP contribution in [-0.2, 0) is 28.2 Å². The van der Waals surface area contributed by atoms with Crippen molar-refractivity contribution < 1.29 is 13.2 Å². The van der Waals surface area contributed by atoms with Crippen LogP contribution in [0, 0.1) is 0 Å². The largest absolute Gasteiger partial charge is 0.340 e. The van der Waals surface area contributed by atoms with Crippen LogP contribution in [0.25, 0.3) is 10.8 Å². The number of nitrogens with zero attached hydrogens (tertiary/aromatic N) is 4. The van der Waals surface area contributed by atoms with Gasteiger partial charge in [-0.1, -0.05) is 23.7 Å². The van der Waals surface area contributed by atoms with Crippen LogP contribution in [0.15, 0.2) is 51.7 Å². The monoisotopic (exact) mass is 578 g/mol. The Labute approximate surface area is 227 Å². The van der Waals surface area contributed by atoms with Gasteiger partial charge in [-0.15, -0.1) is 36.2 Å². The molecule has 35 heavy (non-hydrogen) atoms. The standard InChI is InChI=1S/C23H27ClN4O3S2.2ClH/c1-25-23-26(2)20(16-32-23)15-27-8-10-28(11-9-27)22(29)7-12-33(30,31)21-6-4-17-13-19(24)5-3-18(17)14-21;;/h3-6,13-14,16H,7-12,15H2,1-2H3;2*1H. The molecular weight excluding hydrogens is 551 g/mol. The SMILES string of the molecule is CN=c1scc(CN2CCN(C(=O)CCS(=O)(=O)c3ccc4cc(Cl)ccc4c3)CC2)n1C.Cl.Cl. The Hall–Kier alpha value is -1.62. The van der Waals surface area contributed by atoms with Gasteiger partial charge in [0.25, 0.3) is 0 Å². The van der Waals surface area contributed by atoms with Gasteiger partial charge in [0, 0.05) is 69.3 Å². The van der Waals surface area contributed by atoms with E-state index in [1.807, 2.05) is 7.05 Å². The number of hydrogen-bond acceptors (Lipinski definition) is 6. The normalized spacial score (nSPS) is 15.1. The fourth-order valence-electron chi connectivity index (χ4n) is 4.02. The van der Waals surface area contributed by atoms with E-state index in [0.717, 1.165) is 35.2 Å². The predicted octanol–water partition coefficient (Wildman–Crippen LogP) is 3.78. The first-order valence-corrected chi connectivity index (χ1v) is 13.7. The summed E-state index contributed by atoms with van der Waals surface area (Å²) < 4.78 is 27.8. The molecule has 3 aromatic rings. The van der Waals surface area contributed by atoms with Crippen LogP contribution in [0.2, 0.25) is 5.02 Å². The maximum atomic E-state index is 12.8. The van der Waals surface area contributed by atoms with Crippen LogP contribution in [0.5, 0.6) is 0 Å². The van der Waals surface area contributed by atoms with E-state index in [-0.39, 0.29) is 47.8 Å². The number of sulfone groups is 1. The van der Waals surface area contributed by atoms with Crippen LogP contribution in [0.3, 0.4) is 0 Å². The van der Waals surface area contributed by atoms with Crippen molar-refractivity contribution in [2.45, 2.75) is 17.9 Å². The average molecular weight is 580 g/mol. The van der Waals surface area contributed by atoms with Gasteiger partial charge in [-0.05, 0) is 35.0 Å². The number of piperazine rings is 1. The minimum atomic E-state index is -3.55. The summed E-state index contributed by atoms with van der Waals surface area (Å²) in [5, 5.41) is 4.41. The number of aromatic nitrogens is 1. The number of carbonyl (C=O) groups is 1. The summed E-state index contributed by atoms with van der Waals surface area (Å²) in [6.07, 6.45) is -0.0121. The maximum absolute atomic E-state index is 12.8. The quantitative estimate of drug-likeness (QED) is 0.446. The van der Waals surface area contributed by atoms with Crippen LogP contribution >= 0.6 is 47.8 Å². The molecule has 192 valence electrons. The summed E-state index contributed by atoms with van der Waals surface area (Å²) in [4.78, 5) is 22.3. The first-order valence-electron chi connectivity index (χ1n) is 10.8. The van der Waals surface area contributed by atoms with Gasteiger partial charge in [-0.3, -0.25) is 14.7 Å². The van der Waals surface area contributed by atoms with Crippen LogP contribution in [0.1, 0.15) is 12.1 Å². The Morgan fingerprint density at radius 3 is 2.37 bits per heavy atom. The number of carbonyl (C=O) groups excluding carboxylic acids is 1. The van der Waals surface area contributed by atoms with Crippen molar-refractivity contribution in [3.05, 3.63) is 57.3 Å². The van der Waals surface area contributed by atoms with Crippen LogP contribution in [-0.4, -0.2) is 67.7 Å². The molecule has 1 aliphatic rings. The van der Waals surface area contributed by atoms with E-state index in [2.05, 4.69) is 19.8 Å². The molecule has 2 heterocycles. The number of amides is 1. The van der Waals surface area contributed by atoms with Gasteiger partial charge in [-0.25, -0.2) is 8.42 Å². The first kappa shape index (κ1) is 29.6. The van der Waals surface area contributed by atoms with E-state index in [0.29, 0.717) is 18.1 Å². The Kier molecular flexibility index (Phi) is 10.6. The summed E-state index contributed by atoms with van der Waals surface area (Å²) in [7, 11) is 0.247. The molecule has 0 radical (unpaired) electrons. The number of hydrogen-bond donors (Lipinski definition) is 0. The summed E-state index contributed by atoms with van der Waals surface area (Å²) in [5.74, 6) is -0.307. The zero-order valence-corrected chi connectivity index (χ0v) is 23.5. The highest BCUT2D eigenvalue weighted by Crippen LogP contribution is 2.23. The molecule has 1 amide bonds. The average Bonchev–Trinajstić information content (AvgIpc) is 3.16. The summed E-state index contributed by atoms with van der Waals surface area (Å²) in [6, 6.07) is 10.3. The van der Waals surface area contributed by atoms with Gasteiger partial charge in [0.05, 0.1) is 10.6 Å². The molecule has 1 aliphatic heterocycles. The van der Waals surface area contributed by atoms with Crippen molar-refractivity contribution in [1.29, 1.82) is 0 Å². The topological polar surface area (TPSA) is 75.0 Å².